The quantitative estimate of drug-likeness (QED) is 0.0210. The van der Waals surface area contributed by atoms with Gasteiger partial charge in [-0.05, 0) is 54.7 Å². The van der Waals surface area contributed by atoms with Gasteiger partial charge in [-0.1, -0.05) is 205 Å². The second-order valence-electron chi connectivity index (χ2n) is 19.8. The third-order valence-corrected chi connectivity index (χ3v) is 15.5. The number of hydrogen-bond acceptors (Lipinski definition) is 13. The number of benzene rings is 6. The van der Waals surface area contributed by atoms with Crippen molar-refractivity contribution in [3.05, 3.63) is 274 Å². The number of thiazole rings is 1. The summed E-state index contributed by atoms with van der Waals surface area (Å²) in [5.74, 6) is -2.52. The molecule has 3 atom stereocenters. The molecule has 13 nitrogen and oxygen atoms in total. The third-order valence-electron chi connectivity index (χ3n) is 13.5. The summed E-state index contributed by atoms with van der Waals surface area (Å²) in [6, 6.07) is 61.8. The molecule has 2 amide bonds. The van der Waals surface area contributed by atoms with E-state index in [4.69, 9.17) is 24.5 Å². The van der Waals surface area contributed by atoms with E-state index in [1.807, 2.05) is 152 Å². The first kappa shape index (κ1) is 53.5. The van der Waals surface area contributed by atoms with Gasteiger partial charge in [0.05, 0.1) is 5.41 Å². The number of aromatic nitrogens is 2. The Bertz CT molecular complexity index is 3330. The molecule has 2 aliphatic rings. The fraction of sp³-hybridized carbons (Fsp3) is 0.172. The number of oxime groups is 1. The van der Waals surface area contributed by atoms with Crippen LogP contribution in [0.1, 0.15) is 72.3 Å². The van der Waals surface area contributed by atoms with Crippen LogP contribution in [-0.4, -0.2) is 67.8 Å². The molecule has 15 heteroatoms. The lowest BCUT2D eigenvalue weighted by molar-refractivity contribution is -0.190. The Hall–Kier alpha value is -8.92. The maximum Gasteiger partial charge on any atom is 0.358 e. The van der Waals surface area contributed by atoms with E-state index in [2.05, 4.69) is 52.0 Å². The third kappa shape index (κ3) is 11.1. The number of thioether (sulfide) groups is 1. The van der Waals surface area contributed by atoms with Crippen molar-refractivity contribution in [2.75, 3.05) is 11.1 Å². The fourth-order valence-electron chi connectivity index (χ4n) is 9.58. The average Bonchev–Trinajstić information content (AvgIpc) is 4.11. The van der Waals surface area contributed by atoms with Gasteiger partial charge in [0.15, 0.2) is 10.8 Å². The van der Waals surface area contributed by atoms with Gasteiger partial charge in [-0.25, -0.2) is 9.78 Å². The number of esters is 2. The standard InChI is InChI=1S/C64H56N6O7S2/c1-43(76-60(74)62(2,3)4)75-59(73)55-45(38-37-44-24-23-39-65-40-44)41-78-58-54(57(72)70(55)58)67-56(71)53(69-77-64(49-31-17-8-18-32-49,50-33-19-9-20-34-50)51-35-21-10-22-36-51)52-42-79-61(66-52)68-63(46-25-11-5-12-26-46,47-27-13-6-14-28-47)48-29-15-7-16-30-48/h5-40,42-43,54,58H,41H2,1-4H3,(H,66,68)(H,67,71)/b38-37-,69-53+/t43?,54-,58-/m1/s1. The Morgan fingerprint density at radius 3 is 1.67 bits per heavy atom. The van der Waals surface area contributed by atoms with Crippen LogP contribution in [0.25, 0.3) is 6.08 Å². The molecule has 79 heavy (non-hydrogen) atoms. The highest BCUT2D eigenvalue weighted by atomic mass is 32.2. The summed E-state index contributed by atoms with van der Waals surface area (Å²) < 4.78 is 11.2. The SMILES string of the molecule is CC(OC(=O)C1=C(/C=C\c2cccnc2)CS[C@@H]2[C@H](NC(=O)/C(=N/OC(c3ccccc3)(c3ccccc3)c3ccccc3)c3csc(NC(c4ccccc4)(c4ccccc4)c4ccccc4)n3)C(=O)N12)OC(=O)C(C)(C)C. The summed E-state index contributed by atoms with van der Waals surface area (Å²) in [4.78, 5) is 74.8. The second-order valence-corrected chi connectivity index (χ2v) is 21.8. The van der Waals surface area contributed by atoms with E-state index < -0.39 is 58.0 Å². The number of nitrogens with zero attached hydrogens (tertiary/aromatic N) is 4. The first-order valence-electron chi connectivity index (χ1n) is 25.7. The zero-order chi connectivity index (χ0) is 55.0. The zero-order valence-corrected chi connectivity index (χ0v) is 45.4. The number of ether oxygens (including phenoxy) is 2. The zero-order valence-electron chi connectivity index (χ0n) is 43.8. The minimum Gasteiger partial charge on any atom is -0.425 e. The molecule has 396 valence electrons. The Labute approximate surface area is 467 Å². The molecule has 0 radical (unpaired) electrons. The number of anilines is 1. The number of fused-ring (bicyclic) bond motifs is 1. The van der Waals surface area contributed by atoms with Crippen LogP contribution in [0.2, 0.25) is 0 Å². The Morgan fingerprint density at radius 1 is 0.684 bits per heavy atom. The van der Waals surface area contributed by atoms with E-state index in [0.29, 0.717) is 10.7 Å². The van der Waals surface area contributed by atoms with Crippen LogP contribution in [0, 0.1) is 5.41 Å². The molecule has 6 aromatic carbocycles. The minimum absolute atomic E-state index is 0.0393. The summed E-state index contributed by atoms with van der Waals surface area (Å²) in [6.07, 6.45) is 5.56. The van der Waals surface area contributed by atoms with Gasteiger partial charge in [0.1, 0.15) is 28.3 Å². The molecule has 1 saturated heterocycles. The van der Waals surface area contributed by atoms with Crippen molar-refractivity contribution in [2.45, 2.75) is 56.5 Å². The van der Waals surface area contributed by atoms with Crippen LogP contribution in [-0.2, 0) is 44.6 Å². The number of amides is 2. The molecule has 2 aliphatic heterocycles. The molecule has 0 bridgehead atoms. The average molecular weight is 1090 g/mol. The summed E-state index contributed by atoms with van der Waals surface area (Å²) in [7, 11) is 0. The van der Waals surface area contributed by atoms with Crippen molar-refractivity contribution in [1.29, 1.82) is 0 Å². The van der Waals surface area contributed by atoms with Crippen LogP contribution >= 0.6 is 23.1 Å². The number of hydrogen-bond donors (Lipinski definition) is 2. The molecule has 0 aliphatic carbocycles. The number of nitrogens with one attached hydrogen (secondary N) is 2. The molecule has 1 unspecified atom stereocenters. The topological polar surface area (TPSA) is 161 Å². The monoisotopic (exact) mass is 1080 g/mol. The van der Waals surface area contributed by atoms with Gasteiger partial charge < -0.3 is 24.9 Å². The van der Waals surface area contributed by atoms with Crippen LogP contribution in [0.3, 0.4) is 0 Å². The Kier molecular flexibility index (Phi) is 15.8. The first-order chi connectivity index (χ1) is 38.4. The molecule has 2 N–H and O–H groups in total. The summed E-state index contributed by atoms with van der Waals surface area (Å²) in [6.45, 7) is 6.52. The number of carbonyl (C=O) groups is 4. The highest BCUT2D eigenvalue weighted by molar-refractivity contribution is 8.00. The van der Waals surface area contributed by atoms with E-state index in [-0.39, 0.29) is 22.9 Å². The maximum atomic E-state index is 15.4. The molecule has 0 saturated carbocycles. The first-order valence-corrected chi connectivity index (χ1v) is 27.6. The molecule has 1 fully saturated rings. The Balaban J connectivity index is 1.05. The highest BCUT2D eigenvalue weighted by Crippen LogP contribution is 2.44. The van der Waals surface area contributed by atoms with Gasteiger partial charge in [0.2, 0.25) is 11.9 Å². The van der Waals surface area contributed by atoms with Crippen LogP contribution < -0.4 is 10.6 Å². The van der Waals surface area contributed by atoms with Gasteiger partial charge in [0.25, 0.3) is 11.8 Å². The van der Waals surface area contributed by atoms with Gasteiger partial charge in [-0.15, -0.1) is 23.1 Å². The lowest BCUT2D eigenvalue weighted by Crippen LogP contribution is -2.71. The van der Waals surface area contributed by atoms with Crippen LogP contribution in [0.15, 0.2) is 234 Å². The van der Waals surface area contributed by atoms with E-state index in [1.54, 1.807) is 56.8 Å². The van der Waals surface area contributed by atoms with Crippen molar-refractivity contribution >= 4 is 63.8 Å². The van der Waals surface area contributed by atoms with Crippen molar-refractivity contribution in [2.24, 2.45) is 10.6 Å². The van der Waals surface area contributed by atoms with E-state index in [1.165, 1.54) is 34.9 Å². The molecule has 8 aromatic rings. The Morgan fingerprint density at radius 2 is 1.19 bits per heavy atom. The molecule has 2 aromatic heterocycles. The van der Waals surface area contributed by atoms with Crippen molar-refractivity contribution in [3.63, 3.8) is 0 Å². The fourth-order valence-corrected chi connectivity index (χ4v) is 11.6. The van der Waals surface area contributed by atoms with E-state index in [9.17, 15) is 14.4 Å². The van der Waals surface area contributed by atoms with Gasteiger partial charge >= 0.3 is 11.9 Å². The van der Waals surface area contributed by atoms with Crippen molar-refractivity contribution in [1.82, 2.24) is 20.2 Å². The number of carbonyl (C=O) groups excluding carboxylic acids is 4. The predicted octanol–water partition coefficient (Wildman–Crippen LogP) is 11.5. The van der Waals surface area contributed by atoms with Crippen molar-refractivity contribution in [3.8, 4) is 0 Å². The smallest absolute Gasteiger partial charge is 0.358 e. The molecular formula is C64H56N6O7S2. The van der Waals surface area contributed by atoms with Gasteiger partial charge in [0, 0.05) is 47.1 Å². The number of β-lactam (4-membered cyclic amide) rings is 1. The number of allylic oxidation sites excluding steroid dienone is 1. The molecule has 10 rings (SSSR count). The number of rotatable bonds is 18. The van der Waals surface area contributed by atoms with Gasteiger partial charge in [-0.3, -0.25) is 24.3 Å². The largest absolute Gasteiger partial charge is 0.425 e. The summed E-state index contributed by atoms with van der Waals surface area (Å²) in [5.41, 5.74) is 3.01. The molecule has 0 spiro atoms. The lowest BCUT2D eigenvalue weighted by atomic mass is 9.77. The number of pyridine rings is 1. The van der Waals surface area contributed by atoms with Gasteiger partial charge in [-0.2, -0.15) is 0 Å². The lowest BCUT2D eigenvalue weighted by Gasteiger charge is -2.49. The van der Waals surface area contributed by atoms with Crippen LogP contribution in [0.5, 0.6) is 0 Å². The van der Waals surface area contributed by atoms with E-state index in [0.717, 1.165) is 38.9 Å². The molecule has 4 heterocycles. The highest BCUT2D eigenvalue weighted by Gasteiger charge is 2.55. The van der Waals surface area contributed by atoms with E-state index >= 15 is 4.79 Å². The maximum absolute atomic E-state index is 15.4. The second kappa shape index (κ2) is 23.4. The normalized spacial score (nSPS) is 16.1. The van der Waals surface area contributed by atoms with Crippen LogP contribution in [0.4, 0.5) is 5.13 Å². The molecular weight excluding hydrogens is 1030 g/mol. The minimum atomic E-state index is -1.39. The predicted molar refractivity (Wildman–Crippen MR) is 308 cm³/mol. The van der Waals surface area contributed by atoms with Crippen molar-refractivity contribution < 1.29 is 33.5 Å². The summed E-state index contributed by atoms with van der Waals surface area (Å²) in [5, 5.41) is 13.1. The summed E-state index contributed by atoms with van der Waals surface area (Å²) >= 11 is 2.65.